The number of aromatic nitrogens is 2. The SMILES string of the molecule is C[C@@H](N)c1cncn1CCCC1CCCC1. The predicted molar refractivity (Wildman–Crippen MR) is 66.0 cm³/mol. The molecule has 0 spiro atoms. The summed E-state index contributed by atoms with van der Waals surface area (Å²) in [7, 11) is 0. The highest BCUT2D eigenvalue weighted by Gasteiger charge is 2.14. The molecule has 16 heavy (non-hydrogen) atoms. The minimum atomic E-state index is 0.0916. The molecule has 0 unspecified atom stereocenters. The van der Waals surface area contributed by atoms with Crippen LogP contribution in [0.5, 0.6) is 0 Å². The number of rotatable bonds is 5. The van der Waals surface area contributed by atoms with E-state index in [0.29, 0.717) is 0 Å². The lowest BCUT2D eigenvalue weighted by Gasteiger charge is -2.12. The van der Waals surface area contributed by atoms with Crippen molar-refractivity contribution in [3.63, 3.8) is 0 Å². The van der Waals surface area contributed by atoms with Crippen molar-refractivity contribution in [3.05, 3.63) is 18.2 Å². The van der Waals surface area contributed by atoms with E-state index in [0.717, 1.165) is 18.2 Å². The summed E-state index contributed by atoms with van der Waals surface area (Å²) in [6.45, 7) is 3.10. The van der Waals surface area contributed by atoms with E-state index in [2.05, 4.69) is 9.55 Å². The molecule has 2 N–H and O–H groups in total. The summed E-state index contributed by atoms with van der Waals surface area (Å²) in [5.41, 5.74) is 7.05. The third-order valence-corrected chi connectivity index (χ3v) is 3.70. The molecule has 0 bridgehead atoms. The minimum Gasteiger partial charge on any atom is -0.333 e. The lowest BCUT2D eigenvalue weighted by Crippen LogP contribution is -2.12. The summed E-state index contributed by atoms with van der Waals surface area (Å²) in [6, 6.07) is 0.0916. The second kappa shape index (κ2) is 5.48. The normalized spacial score (nSPS) is 19.1. The maximum atomic E-state index is 5.89. The first-order valence-electron chi connectivity index (χ1n) is 6.53. The van der Waals surface area contributed by atoms with Gasteiger partial charge in [0.15, 0.2) is 0 Å². The molecule has 0 radical (unpaired) electrons. The maximum Gasteiger partial charge on any atom is 0.0948 e. The Balaban J connectivity index is 1.78. The predicted octanol–water partition coefficient (Wildman–Crippen LogP) is 2.87. The lowest BCUT2D eigenvalue weighted by molar-refractivity contribution is 0.453. The maximum absolute atomic E-state index is 5.89. The fourth-order valence-electron chi connectivity index (χ4n) is 2.75. The molecular formula is C13H23N3. The van der Waals surface area contributed by atoms with E-state index in [1.165, 1.54) is 38.5 Å². The van der Waals surface area contributed by atoms with Crippen LogP contribution in [-0.2, 0) is 6.54 Å². The molecule has 0 aromatic carbocycles. The standard InChI is InChI=1S/C13H23N3/c1-11(14)13-9-15-10-16(13)8-4-7-12-5-2-3-6-12/h9-12H,2-8,14H2,1H3/t11-/m1/s1. The summed E-state index contributed by atoms with van der Waals surface area (Å²) in [5.74, 6) is 0.988. The van der Waals surface area contributed by atoms with Crippen molar-refractivity contribution >= 4 is 0 Å². The van der Waals surface area contributed by atoms with Crippen molar-refractivity contribution in [1.29, 1.82) is 0 Å². The van der Waals surface area contributed by atoms with Gasteiger partial charge in [-0.05, 0) is 25.7 Å². The Morgan fingerprint density at radius 3 is 2.94 bits per heavy atom. The number of nitrogens with zero attached hydrogens (tertiary/aromatic N) is 2. The van der Waals surface area contributed by atoms with Gasteiger partial charge in [0.2, 0.25) is 0 Å². The van der Waals surface area contributed by atoms with Crippen LogP contribution in [0, 0.1) is 5.92 Å². The van der Waals surface area contributed by atoms with Crippen molar-refractivity contribution in [3.8, 4) is 0 Å². The molecule has 2 rings (SSSR count). The Morgan fingerprint density at radius 1 is 1.50 bits per heavy atom. The van der Waals surface area contributed by atoms with Crippen molar-refractivity contribution in [2.75, 3.05) is 0 Å². The second-order valence-corrected chi connectivity index (χ2v) is 5.09. The van der Waals surface area contributed by atoms with Crippen LogP contribution < -0.4 is 5.73 Å². The van der Waals surface area contributed by atoms with Crippen LogP contribution in [0.2, 0.25) is 0 Å². The van der Waals surface area contributed by atoms with Gasteiger partial charge in [0.1, 0.15) is 0 Å². The molecule has 3 heteroatoms. The molecule has 3 nitrogen and oxygen atoms in total. The highest BCUT2D eigenvalue weighted by molar-refractivity contribution is 5.02. The van der Waals surface area contributed by atoms with E-state index in [1.807, 2.05) is 19.4 Å². The van der Waals surface area contributed by atoms with Gasteiger partial charge in [0.05, 0.1) is 12.0 Å². The fraction of sp³-hybridized carbons (Fsp3) is 0.769. The average molecular weight is 221 g/mol. The number of aryl methyl sites for hydroxylation is 1. The van der Waals surface area contributed by atoms with Gasteiger partial charge in [-0.2, -0.15) is 0 Å². The molecule has 90 valence electrons. The summed E-state index contributed by atoms with van der Waals surface area (Å²) in [5, 5.41) is 0. The topological polar surface area (TPSA) is 43.8 Å². The van der Waals surface area contributed by atoms with Gasteiger partial charge in [-0.25, -0.2) is 4.98 Å². The zero-order valence-corrected chi connectivity index (χ0v) is 10.2. The van der Waals surface area contributed by atoms with Crippen LogP contribution in [0.3, 0.4) is 0 Å². The summed E-state index contributed by atoms with van der Waals surface area (Å²) in [6.07, 6.45) is 12.2. The fourth-order valence-corrected chi connectivity index (χ4v) is 2.75. The van der Waals surface area contributed by atoms with E-state index in [4.69, 9.17) is 5.73 Å². The van der Waals surface area contributed by atoms with Gasteiger partial charge in [0, 0.05) is 18.8 Å². The summed E-state index contributed by atoms with van der Waals surface area (Å²) < 4.78 is 2.21. The van der Waals surface area contributed by atoms with E-state index in [1.54, 1.807) is 0 Å². The Bertz CT molecular complexity index is 311. The Labute approximate surface area is 98.1 Å². The Kier molecular flexibility index (Phi) is 3.99. The van der Waals surface area contributed by atoms with Crippen LogP contribution in [0.15, 0.2) is 12.5 Å². The first-order chi connectivity index (χ1) is 7.77. The van der Waals surface area contributed by atoms with Gasteiger partial charge < -0.3 is 10.3 Å². The van der Waals surface area contributed by atoms with E-state index in [9.17, 15) is 0 Å². The molecule has 0 saturated heterocycles. The molecule has 1 aliphatic carbocycles. The molecule has 1 aliphatic rings. The summed E-state index contributed by atoms with van der Waals surface area (Å²) in [4.78, 5) is 4.18. The summed E-state index contributed by atoms with van der Waals surface area (Å²) >= 11 is 0. The second-order valence-electron chi connectivity index (χ2n) is 5.09. The molecule has 1 fully saturated rings. The Morgan fingerprint density at radius 2 is 2.25 bits per heavy atom. The van der Waals surface area contributed by atoms with Crippen molar-refractivity contribution in [2.45, 2.75) is 58.0 Å². The third-order valence-electron chi connectivity index (χ3n) is 3.70. The molecule has 0 aliphatic heterocycles. The first-order valence-corrected chi connectivity index (χ1v) is 6.53. The minimum absolute atomic E-state index is 0.0916. The van der Waals surface area contributed by atoms with Gasteiger partial charge >= 0.3 is 0 Å². The lowest BCUT2D eigenvalue weighted by atomic mass is 10.0. The molecule has 1 aromatic heterocycles. The average Bonchev–Trinajstić information content (AvgIpc) is 2.87. The van der Waals surface area contributed by atoms with Gasteiger partial charge in [-0.15, -0.1) is 0 Å². The molecule has 1 heterocycles. The molecule has 1 aromatic rings. The van der Waals surface area contributed by atoms with Crippen LogP contribution in [0.25, 0.3) is 0 Å². The smallest absolute Gasteiger partial charge is 0.0948 e. The number of hydrogen-bond donors (Lipinski definition) is 1. The number of imidazole rings is 1. The monoisotopic (exact) mass is 221 g/mol. The quantitative estimate of drug-likeness (QED) is 0.831. The van der Waals surface area contributed by atoms with Gasteiger partial charge in [-0.3, -0.25) is 0 Å². The zero-order valence-electron chi connectivity index (χ0n) is 10.2. The van der Waals surface area contributed by atoms with Gasteiger partial charge in [-0.1, -0.05) is 25.7 Å². The van der Waals surface area contributed by atoms with Crippen molar-refractivity contribution < 1.29 is 0 Å². The highest BCUT2D eigenvalue weighted by atomic mass is 15.1. The van der Waals surface area contributed by atoms with E-state index in [-0.39, 0.29) is 6.04 Å². The number of hydrogen-bond acceptors (Lipinski definition) is 2. The van der Waals surface area contributed by atoms with Crippen LogP contribution >= 0.6 is 0 Å². The Hall–Kier alpha value is -0.830. The van der Waals surface area contributed by atoms with E-state index < -0.39 is 0 Å². The van der Waals surface area contributed by atoms with Crippen LogP contribution in [0.4, 0.5) is 0 Å². The molecule has 1 atom stereocenters. The highest BCUT2D eigenvalue weighted by Crippen LogP contribution is 2.28. The van der Waals surface area contributed by atoms with Crippen molar-refractivity contribution in [1.82, 2.24) is 9.55 Å². The largest absolute Gasteiger partial charge is 0.333 e. The third kappa shape index (κ3) is 2.85. The van der Waals surface area contributed by atoms with Crippen LogP contribution in [-0.4, -0.2) is 9.55 Å². The zero-order chi connectivity index (χ0) is 11.4. The molecule has 1 saturated carbocycles. The number of nitrogens with two attached hydrogens (primary N) is 1. The van der Waals surface area contributed by atoms with Gasteiger partial charge in [0.25, 0.3) is 0 Å². The van der Waals surface area contributed by atoms with Crippen molar-refractivity contribution in [2.24, 2.45) is 11.7 Å². The molecule has 0 amide bonds. The van der Waals surface area contributed by atoms with Crippen LogP contribution in [0.1, 0.15) is 57.2 Å². The van der Waals surface area contributed by atoms with E-state index >= 15 is 0 Å². The molecular weight excluding hydrogens is 198 g/mol. The first kappa shape index (κ1) is 11.6.